The maximum absolute atomic E-state index is 11.0. The van der Waals surface area contributed by atoms with Gasteiger partial charge in [-0.1, -0.05) is 0 Å². The van der Waals surface area contributed by atoms with E-state index < -0.39 is 10.8 Å². The lowest BCUT2D eigenvalue weighted by Crippen LogP contribution is -2.13. The van der Waals surface area contributed by atoms with E-state index in [-0.39, 0.29) is 11.3 Å². The molecule has 0 radical (unpaired) electrons. The monoisotopic (exact) mass is 207 g/mol. The fourth-order valence-corrected chi connectivity index (χ4v) is 1.39. The molecule has 1 aromatic carbocycles. The zero-order valence-electron chi connectivity index (χ0n) is 7.84. The first kappa shape index (κ1) is 9.45. The smallest absolute Gasteiger partial charge is 0.282 e. The number of primary amides is 1. The third-order valence-electron chi connectivity index (χ3n) is 2.25. The molecule has 78 valence electrons. The highest BCUT2D eigenvalue weighted by molar-refractivity contribution is 5.98. The number of nitrogens with zero attached hydrogens (tertiary/aromatic N) is 2. The van der Waals surface area contributed by atoms with Crippen molar-refractivity contribution in [2.75, 3.05) is 18.0 Å². The number of benzene rings is 1. The first-order valence-electron chi connectivity index (χ1n) is 4.43. The van der Waals surface area contributed by atoms with Crippen molar-refractivity contribution < 1.29 is 9.72 Å². The van der Waals surface area contributed by atoms with Gasteiger partial charge in [0.1, 0.15) is 5.56 Å². The third kappa shape index (κ3) is 1.74. The second kappa shape index (κ2) is 3.23. The number of nitro groups is 1. The summed E-state index contributed by atoms with van der Waals surface area (Å²) in [7, 11) is 0. The number of carbonyl (C=O) groups excluding carboxylic acids is 1. The van der Waals surface area contributed by atoms with E-state index in [0.29, 0.717) is 0 Å². The SMILES string of the molecule is NC(=O)c1cc(N2CC2)ccc1[N+](=O)[O-]. The number of hydrogen-bond acceptors (Lipinski definition) is 4. The number of anilines is 1. The van der Waals surface area contributed by atoms with Crippen molar-refractivity contribution in [1.82, 2.24) is 0 Å². The van der Waals surface area contributed by atoms with E-state index in [4.69, 9.17) is 5.73 Å². The third-order valence-corrected chi connectivity index (χ3v) is 2.25. The molecule has 0 bridgehead atoms. The topological polar surface area (TPSA) is 89.2 Å². The molecule has 1 saturated heterocycles. The van der Waals surface area contributed by atoms with Crippen LogP contribution < -0.4 is 10.6 Å². The molecular formula is C9H9N3O3. The van der Waals surface area contributed by atoms with Crippen molar-refractivity contribution in [3.8, 4) is 0 Å². The van der Waals surface area contributed by atoms with Crippen LogP contribution >= 0.6 is 0 Å². The lowest BCUT2D eigenvalue weighted by molar-refractivity contribution is -0.385. The van der Waals surface area contributed by atoms with Crippen LogP contribution in [0.3, 0.4) is 0 Å². The van der Waals surface area contributed by atoms with Gasteiger partial charge in [-0.2, -0.15) is 0 Å². The van der Waals surface area contributed by atoms with E-state index in [1.165, 1.54) is 12.1 Å². The van der Waals surface area contributed by atoms with Gasteiger partial charge in [-0.25, -0.2) is 0 Å². The van der Waals surface area contributed by atoms with E-state index in [1.807, 2.05) is 4.90 Å². The normalized spacial score (nSPS) is 13.7. The Balaban J connectivity index is 2.48. The van der Waals surface area contributed by atoms with Gasteiger partial charge in [-0.05, 0) is 12.1 Å². The summed E-state index contributed by atoms with van der Waals surface area (Å²) in [5.41, 5.74) is 5.60. The lowest BCUT2D eigenvalue weighted by atomic mass is 10.1. The Morgan fingerprint density at radius 3 is 2.60 bits per heavy atom. The quantitative estimate of drug-likeness (QED) is 0.444. The van der Waals surface area contributed by atoms with Crippen molar-refractivity contribution in [2.45, 2.75) is 0 Å². The highest BCUT2D eigenvalue weighted by Gasteiger charge is 2.23. The Morgan fingerprint density at radius 2 is 2.13 bits per heavy atom. The summed E-state index contributed by atoms with van der Waals surface area (Å²) in [4.78, 5) is 23.0. The molecule has 1 amide bonds. The molecule has 0 atom stereocenters. The Bertz CT molecular complexity index is 440. The molecule has 1 aliphatic rings. The van der Waals surface area contributed by atoms with Gasteiger partial charge in [0.25, 0.3) is 11.6 Å². The van der Waals surface area contributed by atoms with Crippen molar-refractivity contribution in [3.05, 3.63) is 33.9 Å². The van der Waals surface area contributed by atoms with Gasteiger partial charge in [0, 0.05) is 24.8 Å². The van der Waals surface area contributed by atoms with Gasteiger partial charge in [0.15, 0.2) is 0 Å². The molecule has 0 saturated carbocycles. The van der Waals surface area contributed by atoms with Crippen molar-refractivity contribution >= 4 is 17.3 Å². The Labute approximate surface area is 85.4 Å². The Hall–Kier alpha value is -2.11. The molecule has 15 heavy (non-hydrogen) atoms. The molecule has 1 aromatic rings. The van der Waals surface area contributed by atoms with E-state index in [9.17, 15) is 14.9 Å². The van der Waals surface area contributed by atoms with E-state index in [2.05, 4.69) is 0 Å². The molecule has 0 aliphatic carbocycles. The molecular weight excluding hydrogens is 198 g/mol. The van der Waals surface area contributed by atoms with Crippen LogP contribution in [0, 0.1) is 10.1 Å². The average Bonchev–Trinajstić information content (AvgIpc) is 2.99. The number of rotatable bonds is 3. The Kier molecular flexibility index (Phi) is 2.03. The first-order valence-corrected chi connectivity index (χ1v) is 4.43. The Morgan fingerprint density at radius 1 is 1.47 bits per heavy atom. The maximum atomic E-state index is 11.0. The number of hydrogen-bond donors (Lipinski definition) is 1. The number of nitrogens with two attached hydrogens (primary N) is 1. The summed E-state index contributed by atoms with van der Waals surface area (Å²) in [6, 6.07) is 4.40. The largest absolute Gasteiger partial charge is 0.368 e. The van der Waals surface area contributed by atoms with Crippen LogP contribution in [0.4, 0.5) is 11.4 Å². The molecule has 1 fully saturated rings. The molecule has 1 heterocycles. The summed E-state index contributed by atoms with van der Waals surface area (Å²) < 4.78 is 0. The fourth-order valence-electron chi connectivity index (χ4n) is 1.39. The van der Waals surface area contributed by atoms with Gasteiger partial charge in [-0.3, -0.25) is 14.9 Å². The summed E-state index contributed by atoms with van der Waals surface area (Å²) in [6.45, 7) is 1.83. The minimum absolute atomic E-state index is 0.0376. The summed E-state index contributed by atoms with van der Waals surface area (Å²) in [5, 5.41) is 10.6. The number of nitro benzene ring substituents is 1. The predicted octanol–water partition coefficient (Wildman–Crippen LogP) is 0.514. The average molecular weight is 207 g/mol. The molecule has 6 heteroatoms. The van der Waals surface area contributed by atoms with Crippen LogP contribution in [-0.2, 0) is 0 Å². The molecule has 1 aliphatic heterocycles. The highest BCUT2D eigenvalue weighted by Crippen LogP contribution is 2.27. The van der Waals surface area contributed by atoms with Crippen LogP contribution in [0.25, 0.3) is 0 Å². The highest BCUT2D eigenvalue weighted by atomic mass is 16.6. The first-order chi connectivity index (χ1) is 7.09. The van der Waals surface area contributed by atoms with Crippen LogP contribution in [0.15, 0.2) is 18.2 Å². The van der Waals surface area contributed by atoms with Gasteiger partial charge in [0.2, 0.25) is 0 Å². The van der Waals surface area contributed by atoms with E-state index >= 15 is 0 Å². The molecule has 6 nitrogen and oxygen atoms in total. The molecule has 2 rings (SSSR count). The predicted molar refractivity (Wildman–Crippen MR) is 53.8 cm³/mol. The molecule has 2 N–H and O–H groups in total. The van der Waals surface area contributed by atoms with Crippen LogP contribution in [0.1, 0.15) is 10.4 Å². The van der Waals surface area contributed by atoms with E-state index in [1.54, 1.807) is 6.07 Å². The van der Waals surface area contributed by atoms with Crippen LogP contribution in [-0.4, -0.2) is 23.9 Å². The van der Waals surface area contributed by atoms with Crippen LogP contribution in [0.2, 0.25) is 0 Å². The maximum Gasteiger partial charge on any atom is 0.282 e. The number of carbonyl (C=O) groups is 1. The standard InChI is InChI=1S/C9H9N3O3/c10-9(13)7-5-6(11-3-4-11)1-2-8(7)12(14)15/h1-2,5H,3-4H2,(H2,10,13). The number of amides is 1. The summed E-state index contributed by atoms with van der Waals surface area (Å²) in [6.07, 6.45) is 0. The molecule has 0 aromatic heterocycles. The minimum Gasteiger partial charge on any atom is -0.368 e. The van der Waals surface area contributed by atoms with Gasteiger partial charge in [0.05, 0.1) is 4.92 Å². The minimum atomic E-state index is -0.773. The lowest BCUT2D eigenvalue weighted by Gasteiger charge is -2.04. The van der Waals surface area contributed by atoms with Crippen molar-refractivity contribution in [2.24, 2.45) is 5.73 Å². The zero-order chi connectivity index (χ0) is 11.0. The zero-order valence-corrected chi connectivity index (χ0v) is 7.84. The summed E-state index contributed by atoms with van der Waals surface area (Å²) in [5.74, 6) is -0.773. The van der Waals surface area contributed by atoms with Crippen molar-refractivity contribution in [1.29, 1.82) is 0 Å². The summed E-state index contributed by atoms with van der Waals surface area (Å²) >= 11 is 0. The molecule has 0 spiro atoms. The van der Waals surface area contributed by atoms with Gasteiger partial charge < -0.3 is 10.6 Å². The van der Waals surface area contributed by atoms with Crippen LogP contribution in [0.5, 0.6) is 0 Å². The van der Waals surface area contributed by atoms with E-state index in [0.717, 1.165) is 18.8 Å². The van der Waals surface area contributed by atoms with Gasteiger partial charge >= 0.3 is 0 Å². The fraction of sp³-hybridized carbons (Fsp3) is 0.222. The van der Waals surface area contributed by atoms with Gasteiger partial charge in [-0.15, -0.1) is 0 Å². The molecule has 0 unspecified atom stereocenters. The van der Waals surface area contributed by atoms with Crippen molar-refractivity contribution in [3.63, 3.8) is 0 Å². The second-order valence-electron chi connectivity index (χ2n) is 3.31. The second-order valence-corrected chi connectivity index (χ2v) is 3.31.